The highest BCUT2D eigenvalue weighted by Crippen LogP contribution is 2.32. The van der Waals surface area contributed by atoms with Crippen LogP contribution in [0.15, 0.2) is 24.3 Å². The van der Waals surface area contributed by atoms with Crippen LogP contribution in [0, 0.1) is 29.6 Å². The van der Waals surface area contributed by atoms with E-state index >= 15 is 0 Å². The number of benzene rings is 1. The second-order valence-electron chi connectivity index (χ2n) is 4.65. The monoisotopic (exact) mass is 231 g/mol. The van der Waals surface area contributed by atoms with Crippen LogP contribution in [0.3, 0.4) is 0 Å². The van der Waals surface area contributed by atoms with Crippen molar-refractivity contribution >= 4 is 5.97 Å². The molecule has 0 spiro atoms. The fourth-order valence-corrected chi connectivity index (χ4v) is 1.85. The van der Waals surface area contributed by atoms with E-state index in [0.717, 1.165) is 11.1 Å². The molecule has 1 aromatic rings. The van der Waals surface area contributed by atoms with Crippen molar-refractivity contribution in [1.82, 2.24) is 0 Å². The Balaban J connectivity index is 3.17. The smallest absolute Gasteiger partial charge is 0.324 e. The second kappa shape index (κ2) is 5.01. The number of rotatable bonds is 4. The third kappa shape index (κ3) is 2.47. The van der Waals surface area contributed by atoms with Crippen molar-refractivity contribution in [2.75, 3.05) is 0 Å². The van der Waals surface area contributed by atoms with Crippen LogP contribution in [0.4, 0.5) is 0 Å². The van der Waals surface area contributed by atoms with Gasteiger partial charge in [0.15, 0.2) is 5.41 Å². The summed E-state index contributed by atoms with van der Waals surface area (Å²) in [4.78, 5) is 11.4. The maximum atomic E-state index is 11.4. The lowest BCUT2D eigenvalue weighted by molar-refractivity contribution is -0.147. The normalized spacial score (nSPS) is 14.1. The van der Waals surface area contributed by atoms with Crippen LogP contribution < -0.4 is 0 Å². The fourth-order valence-electron chi connectivity index (χ4n) is 1.85. The molecule has 1 N–H and O–H groups in total. The van der Waals surface area contributed by atoms with Gasteiger partial charge in [-0.1, -0.05) is 38.1 Å². The van der Waals surface area contributed by atoms with Crippen LogP contribution in [-0.2, 0) is 11.2 Å². The van der Waals surface area contributed by atoms with Gasteiger partial charge in [0.05, 0.1) is 6.07 Å². The van der Waals surface area contributed by atoms with Gasteiger partial charge in [-0.05, 0) is 24.0 Å². The first kappa shape index (κ1) is 13.2. The summed E-state index contributed by atoms with van der Waals surface area (Å²) in [6.07, 6.45) is 0.253. The summed E-state index contributed by atoms with van der Waals surface area (Å²) >= 11 is 0. The van der Waals surface area contributed by atoms with Crippen molar-refractivity contribution in [3.05, 3.63) is 35.4 Å². The van der Waals surface area contributed by atoms with Gasteiger partial charge >= 0.3 is 5.97 Å². The van der Waals surface area contributed by atoms with E-state index in [2.05, 4.69) is 0 Å². The Morgan fingerprint density at radius 3 is 2.47 bits per heavy atom. The van der Waals surface area contributed by atoms with Gasteiger partial charge in [0.2, 0.25) is 0 Å². The molecule has 3 nitrogen and oxygen atoms in total. The van der Waals surface area contributed by atoms with E-state index in [1.54, 1.807) is 13.8 Å². The number of nitriles is 1. The maximum Gasteiger partial charge on any atom is 0.324 e. The first-order valence-electron chi connectivity index (χ1n) is 5.63. The summed E-state index contributed by atoms with van der Waals surface area (Å²) in [5.74, 6) is -1.28. The molecular weight excluding hydrogens is 214 g/mol. The van der Waals surface area contributed by atoms with Crippen LogP contribution in [0.5, 0.6) is 0 Å². The summed E-state index contributed by atoms with van der Waals surface area (Å²) in [6.45, 7) is 5.48. The van der Waals surface area contributed by atoms with Gasteiger partial charge in [0, 0.05) is 6.42 Å². The molecule has 1 aromatic carbocycles. The Kier molecular flexibility index (Phi) is 3.90. The van der Waals surface area contributed by atoms with Crippen LogP contribution in [0.1, 0.15) is 25.0 Å². The molecule has 1 unspecified atom stereocenters. The Morgan fingerprint density at radius 1 is 1.47 bits per heavy atom. The van der Waals surface area contributed by atoms with Gasteiger partial charge in [-0.25, -0.2) is 0 Å². The minimum absolute atomic E-state index is 0.232. The molecule has 17 heavy (non-hydrogen) atoms. The molecule has 0 bridgehead atoms. The van der Waals surface area contributed by atoms with Crippen molar-refractivity contribution in [3.63, 3.8) is 0 Å². The van der Waals surface area contributed by atoms with E-state index in [9.17, 15) is 15.2 Å². The van der Waals surface area contributed by atoms with Crippen molar-refractivity contribution in [1.29, 1.82) is 5.26 Å². The first-order chi connectivity index (χ1) is 7.94. The molecule has 0 saturated heterocycles. The van der Waals surface area contributed by atoms with Gasteiger partial charge in [-0.2, -0.15) is 5.26 Å². The van der Waals surface area contributed by atoms with Crippen LogP contribution in [-0.4, -0.2) is 11.1 Å². The van der Waals surface area contributed by atoms with Crippen LogP contribution in [0.25, 0.3) is 0 Å². The number of nitrogens with zero attached hydrogens (tertiary/aromatic N) is 1. The molecule has 0 aliphatic rings. The Morgan fingerprint density at radius 2 is 2.06 bits per heavy atom. The molecule has 0 heterocycles. The van der Waals surface area contributed by atoms with E-state index in [1.807, 2.05) is 37.3 Å². The third-order valence-electron chi connectivity index (χ3n) is 3.30. The fraction of sp³-hybridized carbons (Fsp3) is 0.429. The van der Waals surface area contributed by atoms with E-state index < -0.39 is 11.4 Å². The zero-order valence-electron chi connectivity index (χ0n) is 10.4. The molecule has 0 saturated carbocycles. The molecule has 0 fully saturated rings. The average Bonchev–Trinajstić information content (AvgIpc) is 2.27. The van der Waals surface area contributed by atoms with E-state index in [0.29, 0.717) is 0 Å². The van der Waals surface area contributed by atoms with E-state index in [1.165, 1.54) is 0 Å². The Hall–Kier alpha value is -1.82. The molecule has 0 aliphatic heterocycles. The molecule has 0 amide bonds. The van der Waals surface area contributed by atoms with Crippen molar-refractivity contribution in [2.24, 2.45) is 11.3 Å². The van der Waals surface area contributed by atoms with Gasteiger partial charge in [-0.3, -0.25) is 4.79 Å². The first-order valence-corrected chi connectivity index (χ1v) is 5.63. The zero-order valence-corrected chi connectivity index (χ0v) is 10.4. The summed E-state index contributed by atoms with van der Waals surface area (Å²) in [7, 11) is 0. The molecule has 0 aliphatic carbocycles. The third-order valence-corrected chi connectivity index (χ3v) is 3.30. The minimum atomic E-state index is -1.34. The highest BCUT2D eigenvalue weighted by Gasteiger charge is 2.42. The SMILES string of the molecule is Cc1ccccc1CC(C#N)(C(=O)O)C(C)C. The predicted molar refractivity (Wildman–Crippen MR) is 65.4 cm³/mol. The summed E-state index contributed by atoms with van der Waals surface area (Å²) in [5, 5.41) is 18.6. The van der Waals surface area contributed by atoms with Crippen molar-refractivity contribution in [2.45, 2.75) is 27.2 Å². The second-order valence-corrected chi connectivity index (χ2v) is 4.65. The molecule has 3 heteroatoms. The number of carbonyl (C=O) groups is 1. The summed E-state index contributed by atoms with van der Waals surface area (Å²) < 4.78 is 0. The standard InChI is InChI=1S/C14H17NO2/c1-10(2)14(9-15,13(16)17)8-12-7-5-4-6-11(12)3/h4-7,10H,8H2,1-3H3,(H,16,17). The Labute approximate surface area is 102 Å². The number of aliphatic carboxylic acids is 1. The average molecular weight is 231 g/mol. The number of hydrogen-bond donors (Lipinski definition) is 1. The largest absolute Gasteiger partial charge is 0.480 e. The Bertz CT molecular complexity index is 460. The number of carboxylic acids is 1. The molecule has 90 valence electrons. The quantitative estimate of drug-likeness (QED) is 0.866. The number of hydrogen-bond acceptors (Lipinski definition) is 2. The van der Waals surface area contributed by atoms with Crippen LogP contribution >= 0.6 is 0 Å². The van der Waals surface area contributed by atoms with E-state index in [-0.39, 0.29) is 12.3 Å². The van der Waals surface area contributed by atoms with Crippen LogP contribution in [0.2, 0.25) is 0 Å². The maximum absolute atomic E-state index is 11.4. The summed E-state index contributed by atoms with van der Waals surface area (Å²) in [6, 6.07) is 9.58. The topological polar surface area (TPSA) is 61.1 Å². The lowest BCUT2D eigenvalue weighted by atomic mass is 9.73. The highest BCUT2D eigenvalue weighted by atomic mass is 16.4. The van der Waals surface area contributed by atoms with Gasteiger partial charge < -0.3 is 5.11 Å². The van der Waals surface area contributed by atoms with Crippen molar-refractivity contribution < 1.29 is 9.90 Å². The minimum Gasteiger partial charge on any atom is -0.480 e. The lowest BCUT2D eigenvalue weighted by Gasteiger charge is -2.26. The number of carboxylic acid groups (broad SMARTS) is 1. The van der Waals surface area contributed by atoms with Crippen molar-refractivity contribution in [3.8, 4) is 6.07 Å². The molecule has 1 atom stereocenters. The van der Waals surface area contributed by atoms with E-state index in [4.69, 9.17) is 0 Å². The predicted octanol–water partition coefficient (Wildman–Crippen LogP) is 2.79. The molecule has 1 rings (SSSR count). The number of aryl methyl sites for hydroxylation is 1. The highest BCUT2D eigenvalue weighted by molar-refractivity contribution is 5.79. The summed E-state index contributed by atoms with van der Waals surface area (Å²) in [5.41, 5.74) is 0.603. The van der Waals surface area contributed by atoms with Gasteiger partial charge in [-0.15, -0.1) is 0 Å². The zero-order chi connectivity index (χ0) is 13.1. The van der Waals surface area contributed by atoms with Gasteiger partial charge in [0.1, 0.15) is 0 Å². The van der Waals surface area contributed by atoms with Gasteiger partial charge in [0.25, 0.3) is 0 Å². The molecular formula is C14H17NO2. The lowest BCUT2D eigenvalue weighted by Crippen LogP contribution is -2.37. The molecule has 0 radical (unpaired) electrons. The molecule has 0 aromatic heterocycles.